The molecule has 7 heteroatoms. The summed E-state index contributed by atoms with van der Waals surface area (Å²) in [5.41, 5.74) is 1.09. The van der Waals surface area contributed by atoms with Gasteiger partial charge in [0.05, 0.1) is 5.69 Å². The van der Waals surface area contributed by atoms with Crippen molar-refractivity contribution in [2.75, 3.05) is 18.4 Å². The SMILES string of the molecule is CC(C)(C)OC(=O)N[C@@H](C(=O)N1CCC(Nc2cccnc2)CC1)c1ccccc1. The van der Waals surface area contributed by atoms with Crippen LogP contribution in [0.5, 0.6) is 0 Å². The van der Waals surface area contributed by atoms with E-state index in [1.807, 2.05) is 47.4 Å². The van der Waals surface area contributed by atoms with Gasteiger partial charge >= 0.3 is 6.09 Å². The van der Waals surface area contributed by atoms with Crippen molar-refractivity contribution in [2.45, 2.75) is 51.3 Å². The van der Waals surface area contributed by atoms with E-state index in [4.69, 9.17) is 4.74 Å². The lowest BCUT2D eigenvalue weighted by molar-refractivity contribution is -0.134. The van der Waals surface area contributed by atoms with E-state index in [1.54, 1.807) is 33.2 Å². The first-order valence-corrected chi connectivity index (χ1v) is 10.3. The Morgan fingerprint density at radius 1 is 1.10 bits per heavy atom. The quantitative estimate of drug-likeness (QED) is 0.784. The molecule has 3 rings (SSSR count). The van der Waals surface area contributed by atoms with E-state index in [2.05, 4.69) is 15.6 Å². The molecule has 0 aliphatic carbocycles. The minimum atomic E-state index is -0.774. The van der Waals surface area contributed by atoms with Crippen LogP contribution in [0.1, 0.15) is 45.2 Å². The number of piperidine rings is 1. The maximum atomic E-state index is 13.3. The number of hydrogen-bond donors (Lipinski definition) is 2. The summed E-state index contributed by atoms with van der Waals surface area (Å²) >= 11 is 0. The molecule has 0 saturated carbocycles. The average Bonchev–Trinajstić information content (AvgIpc) is 2.72. The van der Waals surface area contributed by atoms with Gasteiger partial charge in [0.25, 0.3) is 0 Å². The lowest BCUT2D eigenvalue weighted by Crippen LogP contribution is -2.48. The number of aromatic nitrogens is 1. The van der Waals surface area contributed by atoms with E-state index >= 15 is 0 Å². The highest BCUT2D eigenvalue weighted by Gasteiger charge is 2.31. The first-order valence-electron chi connectivity index (χ1n) is 10.3. The second-order valence-corrected chi connectivity index (χ2v) is 8.48. The van der Waals surface area contributed by atoms with Crippen LogP contribution in [0, 0.1) is 0 Å². The highest BCUT2D eigenvalue weighted by Crippen LogP contribution is 2.22. The maximum absolute atomic E-state index is 13.3. The monoisotopic (exact) mass is 410 g/mol. The fourth-order valence-corrected chi connectivity index (χ4v) is 3.47. The van der Waals surface area contributed by atoms with E-state index < -0.39 is 17.7 Å². The molecule has 160 valence electrons. The molecule has 2 amide bonds. The second kappa shape index (κ2) is 9.61. The number of rotatable bonds is 5. The van der Waals surface area contributed by atoms with Crippen molar-refractivity contribution >= 4 is 17.7 Å². The molecule has 1 aliphatic rings. The molecule has 1 fully saturated rings. The lowest BCUT2D eigenvalue weighted by atomic mass is 10.0. The molecular formula is C23H30N4O3. The number of hydrogen-bond acceptors (Lipinski definition) is 5. The number of pyridine rings is 1. The first-order chi connectivity index (χ1) is 14.3. The van der Waals surface area contributed by atoms with Gasteiger partial charge in [-0.1, -0.05) is 30.3 Å². The van der Waals surface area contributed by atoms with Crippen molar-refractivity contribution in [1.82, 2.24) is 15.2 Å². The zero-order valence-corrected chi connectivity index (χ0v) is 17.8. The Bertz CT molecular complexity index is 829. The molecule has 1 aliphatic heterocycles. The number of carbonyl (C=O) groups is 2. The third-order valence-corrected chi connectivity index (χ3v) is 4.88. The molecule has 7 nitrogen and oxygen atoms in total. The van der Waals surface area contributed by atoms with Gasteiger partial charge in [0.2, 0.25) is 5.91 Å². The van der Waals surface area contributed by atoms with Gasteiger partial charge in [-0.25, -0.2) is 4.79 Å². The molecule has 0 unspecified atom stereocenters. The minimum Gasteiger partial charge on any atom is -0.444 e. The van der Waals surface area contributed by atoms with Crippen molar-refractivity contribution in [3.8, 4) is 0 Å². The van der Waals surface area contributed by atoms with Gasteiger partial charge in [-0.3, -0.25) is 9.78 Å². The van der Waals surface area contributed by atoms with E-state index in [0.717, 1.165) is 24.1 Å². The standard InChI is InChI=1S/C23H30N4O3/c1-23(2,3)30-22(29)26-20(17-8-5-4-6-9-17)21(28)27-14-11-18(12-15-27)25-19-10-7-13-24-16-19/h4-10,13,16,18,20,25H,11-12,14-15H2,1-3H3,(H,26,29)/t20-/m1/s1. The number of likely N-dealkylation sites (tertiary alicyclic amines) is 1. The van der Waals surface area contributed by atoms with Gasteiger partial charge in [-0.05, 0) is 51.3 Å². The van der Waals surface area contributed by atoms with Gasteiger partial charge in [-0.2, -0.15) is 0 Å². The van der Waals surface area contributed by atoms with E-state index in [-0.39, 0.29) is 11.9 Å². The highest BCUT2D eigenvalue weighted by molar-refractivity contribution is 5.87. The number of alkyl carbamates (subject to hydrolysis) is 1. The third kappa shape index (κ3) is 6.20. The molecule has 2 heterocycles. The van der Waals surface area contributed by atoms with Crippen molar-refractivity contribution in [2.24, 2.45) is 0 Å². The van der Waals surface area contributed by atoms with E-state index in [1.165, 1.54) is 0 Å². The van der Waals surface area contributed by atoms with Crippen molar-refractivity contribution < 1.29 is 14.3 Å². The van der Waals surface area contributed by atoms with Crippen LogP contribution >= 0.6 is 0 Å². The number of nitrogens with one attached hydrogen (secondary N) is 2. The molecule has 0 spiro atoms. The minimum absolute atomic E-state index is 0.119. The van der Waals surface area contributed by atoms with Gasteiger partial charge in [-0.15, -0.1) is 0 Å². The predicted octanol–water partition coefficient (Wildman–Crippen LogP) is 3.75. The van der Waals surface area contributed by atoms with Gasteiger partial charge in [0.1, 0.15) is 11.6 Å². The topological polar surface area (TPSA) is 83.6 Å². The first kappa shape index (κ1) is 21.6. The van der Waals surface area contributed by atoms with Crippen LogP contribution in [0.25, 0.3) is 0 Å². The Balaban J connectivity index is 1.64. The Labute approximate surface area is 177 Å². The Morgan fingerprint density at radius 3 is 2.40 bits per heavy atom. The molecular weight excluding hydrogens is 380 g/mol. The normalized spacial score (nSPS) is 15.9. The summed E-state index contributed by atoms with van der Waals surface area (Å²) in [5, 5.41) is 6.23. The number of anilines is 1. The lowest BCUT2D eigenvalue weighted by Gasteiger charge is -2.35. The number of ether oxygens (including phenoxy) is 1. The molecule has 2 N–H and O–H groups in total. The van der Waals surface area contributed by atoms with Gasteiger partial charge in [0, 0.05) is 31.5 Å². The van der Waals surface area contributed by atoms with Crippen LogP contribution in [0.2, 0.25) is 0 Å². The molecule has 1 saturated heterocycles. The van der Waals surface area contributed by atoms with Crippen LogP contribution in [-0.2, 0) is 9.53 Å². The number of amides is 2. The van der Waals surface area contributed by atoms with Gasteiger partial charge in [0.15, 0.2) is 0 Å². The highest BCUT2D eigenvalue weighted by atomic mass is 16.6. The molecule has 1 aromatic carbocycles. The van der Waals surface area contributed by atoms with Crippen molar-refractivity contribution in [1.29, 1.82) is 0 Å². The molecule has 0 radical (unpaired) electrons. The van der Waals surface area contributed by atoms with Gasteiger partial charge < -0.3 is 20.3 Å². The fourth-order valence-electron chi connectivity index (χ4n) is 3.47. The Hall–Kier alpha value is -3.09. The molecule has 1 aromatic heterocycles. The van der Waals surface area contributed by atoms with Crippen LogP contribution in [0.4, 0.5) is 10.5 Å². The average molecular weight is 411 g/mol. The third-order valence-electron chi connectivity index (χ3n) is 4.88. The summed E-state index contributed by atoms with van der Waals surface area (Å²) in [6.45, 7) is 6.63. The summed E-state index contributed by atoms with van der Waals surface area (Å²) in [6, 6.07) is 12.7. The summed E-state index contributed by atoms with van der Waals surface area (Å²) in [5.74, 6) is -0.119. The largest absolute Gasteiger partial charge is 0.444 e. The number of nitrogens with zero attached hydrogens (tertiary/aromatic N) is 2. The smallest absolute Gasteiger partial charge is 0.408 e. The Kier molecular flexibility index (Phi) is 6.92. The Morgan fingerprint density at radius 2 is 1.80 bits per heavy atom. The zero-order valence-electron chi connectivity index (χ0n) is 17.8. The second-order valence-electron chi connectivity index (χ2n) is 8.48. The van der Waals surface area contributed by atoms with Crippen LogP contribution in [0.15, 0.2) is 54.9 Å². The zero-order chi connectivity index (χ0) is 21.6. The molecule has 0 bridgehead atoms. The van der Waals surface area contributed by atoms with Crippen LogP contribution in [-0.4, -0.2) is 46.6 Å². The molecule has 30 heavy (non-hydrogen) atoms. The van der Waals surface area contributed by atoms with Crippen LogP contribution in [0.3, 0.4) is 0 Å². The number of carbonyl (C=O) groups excluding carboxylic acids is 2. The number of benzene rings is 1. The summed E-state index contributed by atoms with van der Waals surface area (Å²) in [4.78, 5) is 31.6. The summed E-state index contributed by atoms with van der Waals surface area (Å²) in [6.07, 6.45) is 4.60. The van der Waals surface area contributed by atoms with E-state index in [9.17, 15) is 9.59 Å². The maximum Gasteiger partial charge on any atom is 0.408 e. The molecule has 1 atom stereocenters. The van der Waals surface area contributed by atoms with Crippen molar-refractivity contribution in [3.05, 3.63) is 60.4 Å². The van der Waals surface area contributed by atoms with Crippen molar-refractivity contribution in [3.63, 3.8) is 0 Å². The fraction of sp³-hybridized carbons (Fsp3) is 0.435. The van der Waals surface area contributed by atoms with Crippen LogP contribution < -0.4 is 10.6 Å². The molecule has 2 aromatic rings. The predicted molar refractivity (Wildman–Crippen MR) is 116 cm³/mol. The summed E-state index contributed by atoms with van der Waals surface area (Å²) in [7, 11) is 0. The summed E-state index contributed by atoms with van der Waals surface area (Å²) < 4.78 is 5.37. The van der Waals surface area contributed by atoms with E-state index in [0.29, 0.717) is 13.1 Å².